The smallest absolute Gasteiger partial charge is 0.147 e. The normalized spacial score (nSPS) is 12.0. The molecule has 0 saturated heterocycles. The fourth-order valence-corrected chi connectivity index (χ4v) is 2.80. The number of halogens is 1. The summed E-state index contributed by atoms with van der Waals surface area (Å²) in [5.74, 6) is 0.229. The van der Waals surface area contributed by atoms with E-state index in [0.717, 1.165) is 22.4 Å². The minimum absolute atomic E-state index is 0.229. The van der Waals surface area contributed by atoms with E-state index in [1.165, 1.54) is 6.26 Å². The maximum atomic E-state index is 11.0. The topological polar surface area (TPSA) is 64.0 Å². The predicted molar refractivity (Wildman–Crippen MR) is 76.4 cm³/mol. The summed E-state index contributed by atoms with van der Waals surface area (Å²) in [6, 6.07) is 0. The molecule has 0 amide bonds. The molecular weight excluding hydrogens is 318 g/mol. The Balaban J connectivity index is 2.44. The molecule has 104 valence electrons. The minimum atomic E-state index is -2.85. The molecule has 0 bridgehead atoms. The maximum absolute atomic E-state index is 11.0. The molecule has 0 aliphatic heterocycles. The Morgan fingerprint density at radius 3 is 2.67 bits per heavy atom. The maximum Gasteiger partial charge on any atom is 0.147 e. The molecule has 1 rings (SSSR count). The first kappa shape index (κ1) is 15.7. The highest BCUT2D eigenvalue weighted by Crippen LogP contribution is 2.20. The summed E-state index contributed by atoms with van der Waals surface area (Å²) >= 11 is 3.52. The van der Waals surface area contributed by atoms with Crippen LogP contribution >= 0.6 is 15.9 Å². The Bertz CT molecular complexity index is 497. The van der Waals surface area contributed by atoms with Crippen LogP contribution in [0.5, 0.6) is 0 Å². The lowest BCUT2D eigenvalue weighted by Crippen LogP contribution is -2.20. The third-order valence-corrected chi connectivity index (χ3v) is 4.68. The quantitative estimate of drug-likeness (QED) is 0.766. The van der Waals surface area contributed by atoms with Crippen LogP contribution in [0, 0.1) is 6.92 Å². The van der Waals surface area contributed by atoms with E-state index in [1.807, 2.05) is 18.5 Å². The van der Waals surface area contributed by atoms with Crippen molar-refractivity contribution in [2.24, 2.45) is 0 Å². The van der Waals surface area contributed by atoms with Gasteiger partial charge in [0.15, 0.2) is 0 Å². The van der Waals surface area contributed by atoms with E-state index in [9.17, 15) is 8.42 Å². The van der Waals surface area contributed by atoms with Gasteiger partial charge in [-0.25, -0.2) is 8.42 Å². The third-order valence-electron chi connectivity index (χ3n) is 2.61. The van der Waals surface area contributed by atoms with E-state index in [2.05, 4.69) is 26.3 Å². The van der Waals surface area contributed by atoms with Gasteiger partial charge in [0.05, 0.1) is 21.6 Å². The fourth-order valence-electron chi connectivity index (χ4n) is 1.70. The number of hydrogen-bond donors (Lipinski definition) is 1. The second kappa shape index (κ2) is 6.68. The number of nitrogens with zero attached hydrogens (tertiary/aromatic N) is 2. The summed E-state index contributed by atoms with van der Waals surface area (Å²) in [7, 11) is -2.85. The zero-order chi connectivity index (χ0) is 13.8. The van der Waals surface area contributed by atoms with Crippen molar-refractivity contribution in [3.63, 3.8) is 0 Å². The van der Waals surface area contributed by atoms with Gasteiger partial charge in [0.25, 0.3) is 0 Å². The molecule has 0 atom stereocenters. The van der Waals surface area contributed by atoms with Crippen LogP contribution < -0.4 is 5.32 Å². The van der Waals surface area contributed by atoms with Gasteiger partial charge < -0.3 is 5.32 Å². The van der Waals surface area contributed by atoms with Crippen molar-refractivity contribution in [1.82, 2.24) is 15.1 Å². The van der Waals surface area contributed by atoms with Crippen LogP contribution in [0.1, 0.15) is 24.7 Å². The zero-order valence-corrected chi connectivity index (χ0v) is 13.4. The SMILES string of the molecule is CCn1nc(C)c(Br)c1CNCCCS(C)(=O)=O. The number of nitrogens with one attached hydrogen (secondary N) is 1. The summed E-state index contributed by atoms with van der Waals surface area (Å²) in [4.78, 5) is 0. The average molecular weight is 338 g/mol. The van der Waals surface area contributed by atoms with Gasteiger partial charge in [-0.05, 0) is 42.7 Å². The molecule has 18 heavy (non-hydrogen) atoms. The highest BCUT2D eigenvalue weighted by molar-refractivity contribution is 9.10. The Morgan fingerprint density at radius 1 is 1.44 bits per heavy atom. The Morgan fingerprint density at radius 2 is 2.11 bits per heavy atom. The van der Waals surface area contributed by atoms with Gasteiger partial charge in [-0.2, -0.15) is 5.10 Å². The third kappa shape index (κ3) is 4.70. The highest BCUT2D eigenvalue weighted by atomic mass is 79.9. The summed E-state index contributed by atoms with van der Waals surface area (Å²) in [5.41, 5.74) is 2.08. The molecule has 0 aliphatic carbocycles. The van der Waals surface area contributed by atoms with E-state index in [1.54, 1.807) is 0 Å². The lowest BCUT2D eigenvalue weighted by Gasteiger charge is -2.07. The molecule has 0 spiro atoms. The van der Waals surface area contributed by atoms with Crippen LogP contribution in [0.3, 0.4) is 0 Å². The van der Waals surface area contributed by atoms with E-state index < -0.39 is 9.84 Å². The molecule has 1 N–H and O–H groups in total. The monoisotopic (exact) mass is 337 g/mol. The zero-order valence-electron chi connectivity index (χ0n) is 11.0. The van der Waals surface area contributed by atoms with Crippen LogP contribution in [0.25, 0.3) is 0 Å². The lowest BCUT2D eigenvalue weighted by atomic mass is 10.3. The van der Waals surface area contributed by atoms with Crippen LogP contribution in [0.15, 0.2) is 4.47 Å². The first-order valence-electron chi connectivity index (χ1n) is 5.95. The number of aryl methyl sites for hydroxylation is 2. The van der Waals surface area contributed by atoms with Crippen molar-refractivity contribution in [1.29, 1.82) is 0 Å². The molecule has 5 nitrogen and oxygen atoms in total. The van der Waals surface area contributed by atoms with Gasteiger partial charge in [0.1, 0.15) is 9.84 Å². The van der Waals surface area contributed by atoms with Crippen molar-refractivity contribution >= 4 is 25.8 Å². The molecule has 0 aliphatic rings. The average Bonchev–Trinajstić information content (AvgIpc) is 2.54. The number of sulfone groups is 1. The molecule has 0 radical (unpaired) electrons. The summed E-state index contributed by atoms with van der Waals surface area (Å²) in [6.45, 7) is 6.22. The van der Waals surface area contributed by atoms with Gasteiger partial charge >= 0.3 is 0 Å². The van der Waals surface area contributed by atoms with E-state index in [4.69, 9.17) is 0 Å². The molecule has 1 heterocycles. The van der Waals surface area contributed by atoms with Crippen molar-refractivity contribution < 1.29 is 8.42 Å². The molecule has 1 aromatic rings. The van der Waals surface area contributed by atoms with Gasteiger partial charge in [0, 0.05) is 19.3 Å². The van der Waals surface area contributed by atoms with Crippen LogP contribution in [0.4, 0.5) is 0 Å². The van der Waals surface area contributed by atoms with Crippen LogP contribution in [-0.4, -0.2) is 36.8 Å². The van der Waals surface area contributed by atoms with Crippen LogP contribution in [0.2, 0.25) is 0 Å². The van der Waals surface area contributed by atoms with Gasteiger partial charge in [0.2, 0.25) is 0 Å². The first-order valence-corrected chi connectivity index (χ1v) is 8.80. The molecule has 0 saturated carbocycles. The number of aromatic nitrogens is 2. The van der Waals surface area contributed by atoms with Crippen LogP contribution in [-0.2, 0) is 22.9 Å². The molecule has 7 heteroatoms. The predicted octanol–water partition coefficient (Wildman–Crippen LogP) is 1.50. The highest BCUT2D eigenvalue weighted by Gasteiger charge is 2.11. The largest absolute Gasteiger partial charge is 0.311 e. The van der Waals surface area contributed by atoms with E-state index in [0.29, 0.717) is 19.5 Å². The lowest BCUT2D eigenvalue weighted by molar-refractivity contribution is 0.571. The van der Waals surface area contributed by atoms with Crippen molar-refractivity contribution in [2.75, 3.05) is 18.6 Å². The molecule has 0 aromatic carbocycles. The summed E-state index contributed by atoms with van der Waals surface area (Å²) < 4.78 is 24.9. The standard InChI is InChI=1S/C11H20BrN3O2S/c1-4-15-10(11(12)9(2)14-15)8-13-6-5-7-18(3,16)17/h13H,4-8H2,1-3H3. The van der Waals surface area contributed by atoms with Gasteiger partial charge in [-0.3, -0.25) is 4.68 Å². The molecule has 0 unspecified atom stereocenters. The first-order chi connectivity index (χ1) is 8.35. The Hall–Kier alpha value is -0.400. The Kier molecular flexibility index (Phi) is 5.81. The number of rotatable bonds is 7. The van der Waals surface area contributed by atoms with Crippen molar-refractivity contribution in [3.8, 4) is 0 Å². The van der Waals surface area contributed by atoms with Gasteiger partial charge in [-0.1, -0.05) is 0 Å². The van der Waals surface area contributed by atoms with Crippen molar-refractivity contribution in [2.45, 2.75) is 33.4 Å². The second-order valence-electron chi connectivity index (χ2n) is 4.32. The Labute approximate surface area is 117 Å². The van der Waals surface area contributed by atoms with Gasteiger partial charge in [-0.15, -0.1) is 0 Å². The van der Waals surface area contributed by atoms with E-state index in [-0.39, 0.29) is 5.75 Å². The summed E-state index contributed by atoms with van der Waals surface area (Å²) in [5, 5.41) is 7.65. The summed E-state index contributed by atoms with van der Waals surface area (Å²) in [6.07, 6.45) is 1.90. The second-order valence-corrected chi connectivity index (χ2v) is 7.37. The minimum Gasteiger partial charge on any atom is -0.311 e. The van der Waals surface area contributed by atoms with E-state index >= 15 is 0 Å². The number of hydrogen-bond acceptors (Lipinski definition) is 4. The van der Waals surface area contributed by atoms with Crippen molar-refractivity contribution in [3.05, 3.63) is 15.9 Å². The molecule has 0 fully saturated rings. The fraction of sp³-hybridized carbons (Fsp3) is 0.727. The molecular formula is C11H20BrN3O2S. The molecule has 1 aromatic heterocycles.